The van der Waals surface area contributed by atoms with Crippen LogP contribution in [0.4, 0.5) is 17.5 Å². The SMILES string of the molecule is Cc1ccnc(Nc2cc(NCCNS(=O)(=O)c3cc(C)c(Cl)cc3Cl)ncn2)c1. The van der Waals surface area contributed by atoms with Crippen LogP contribution in [0, 0.1) is 13.8 Å². The average Bonchev–Trinajstić information content (AvgIpc) is 2.68. The second kappa shape index (κ2) is 9.57. The fraction of sp³-hybridized carbons (Fsp3) is 0.211. The van der Waals surface area contributed by atoms with Gasteiger partial charge in [0.2, 0.25) is 10.0 Å². The van der Waals surface area contributed by atoms with Gasteiger partial charge in [0.05, 0.1) is 5.02 Å². The fourth-order valence-electron chi connectivity index (χ4n) is 2.55. The molecule has 3 rings (SSSR count). The van der Waals surface area contributed by atoms with Crippen LogP contribution in [0.3, 0.4) is 0 Å². The van der Waals surface area contributed by atoms with Crippen LogP contribution in [-0.2, 0) is 10.0 Å². The Morgan fingerprint density at radius 2 is 1.63 bits per heavy atom. The summed E-state index contributed by atoms with van der Waals surface area (Å²) < 4.78 is 27.5. The number of hydrogen-bond acceptors (Lipinski definition) is 7. The molecular formula is C19H20Cl2N6O2S. The molecule has 1 aromatic carbocycles. The number of aryl methyl sites for hydroxylation is 2. The van der Waals surface area contributed by atoms with E-state index in [0.717, 1.165) is 5.56 Å². The van der Waals surface area contributed by atoms with Gasteiger partial charge < -0.3 is 10.6 Å². The highest BCUT2D eigenvalue weighted by Gasteiger charge is 2.18. The van der Waals surface area contributed by atoms with Gasteiger partial charge in [-0.05, 0) is 49.2 Å². The van der Waals surface area contributed by atoms with Gasteiger partial charge in [-0.1, -0.05) is 23.2 Å². The molecule has 0 radical (unpaired) electrons. The smallest absolute Gasteiger partial charge is 0.242 e. The van der Waals surface area contributed by atoms with Gasteiger partial charge in [0.15, 0.2) is 0 Å². The predicted octanol–water partition coefficient (Wildman–Crippen LogP) is 3.93. The van der Waals surface area contributed by atoms with E-state index in [1.807, 2.05) is 19.1 Å². The van der Waals surface area contributed by atoms with Gasteiger partial charge >= 0.3 is 0 Å². The van der Waals surface area contributed by atoms with E-state index in [9.17, 15) is 8.42 Å². The first kappa shape index (κ1) is 22.2. The maximum atomic E-state index is 12.5. The Bertz CT molecular complexity index is 1160. The lowest BCUT2D eigenvalue weighted by molar-refractivity contribution is 0.583. The molecule has 0 atom stereocenters. The molecule has 0 fully saturated rings. The number of hydrogen-bond donors (Lipinski definition) is 3. The molecule has 3 aromatic rings. The van der Waals surface area contributed by atoms with Crippen LogP contribution in [0.25, 0.3) is 0 Å². The van der Waals surface area contributed by atoms with E-state index in [0.29, 0.717) is 34.6 Å². The van der Waals surface area contributed by atoms with E-state index in [-0.39, 0.29) is 16.5 Å². The number of anilines is 3. The molecule has 2 aromatic heterocycles. The maximum Gasteiger partial charge on any atom is 0.242 e. The minimum absolute atomic E-state index is 0.00903. The number of benzene rings is 1. The van der Waals surface area contributed by atoms with Gasteiger partial charge in [-0.25, -0.2) is 28.1 Å². The minimum Gasteiger partial charge on any atom is -0.369 e. The van der Waals surface area contributed by atoms with Crippen LogP contribution in [0.5, 0.6) is 0 Å². The van der Waals surface area contributed by atoms with Crippen molar-refractivity contribution in [2.75, 3.05) is 23.7 Å². The fourth-order valence-corrected chi connectivity index (χ4v) is 4.41. The maximum absolute atomic E-state index is 12.5. The van der Waals surface area contributed by atoms with Gasteiger partial charge in [-0.3, -0.25) is 0 Å². The molecule has 0 aliphatic rings. The van der Waals surface area contributed by atoms with Crippen molar-refractivity contribution < 1.29 is 8.42 Å². The van der Waals surface area contributed by atoms with Gasteiger partial charge in [-0.15, -0.1) is 0 Å². The Morgan fingerprint density at radius 3 is 2.40 bits per heavy atom. The van der Waals surface area contributed by atoms with Crippen molar-refractivity contribution in [3.05, 3.63) is 64.0 Å². The van der Waals surface area contributed by atoms with Crippen LogP contribution >= 0.6 is 23.2 Å². The Balaban J connectivity index is 1.57. The largest absolute Gasteiger partial charge is 0.369 e. The van der Waals surface area contributed by atoms with Crippen LogP contribution in [0.1, 0.15) is 11.1 Å². The van der Waals surface area contributed by atoms with E-state index in [1.165, 1.54) is 18.5 Å². The lowest BCUT2D eigenvalue weighted by Crippen LogP contribution is -2.29. The van der Waals surface area contributed by atoms with Crippen LogP contribution in [0.15, 0.2) is 47.8 Å². The van der Waals surface area contributed by atoms with E-state index in [1.54, 1.807) is 19.2 Å². The number of nitrogens with zero attached hydrogens (tertiary/aromatic N) is 3. The molecule has 0 bridgehead atoms. The number of sulfonamides is 1. The second-order valence-electron chi connectivity index (χ2n) is 6.49. The van der Waals surface area contributed by atoms with E-state index >= 15 is 0 Å². The minimum atomic E-state index is -3.77. The first-order chi connectivity index (χ1) is 14.2. The highest BCUT2D eigenvalue weighted by Crippen LogP contribution is 2.28. The Kier molecular flexibility index (Phi) is 7.09. The molecule has 0 amide bonds. The summed E-state index contributed by atoms with van der Waals surface area (Å²) >= 11 is 12.0. The lowest BCUT2D eigenvalue weighted by atomic mass is 10.2. The Hall–Kier alpha value is -2.46. The van der Waals surface area contributed by atoms with Crippen molar-refractivity contribution in [1.29, 1.82) is 0 Å². The summed E-state index contributed by atoms with van der Waals surface area (Å²) in [7, 11) is -3.77. The second-order valence-corrected chi connectivity index (χ2v) is 9.04. The molecule has 11 heteroatoms. The molecular weight excluding hydrogens is 447 g/mol. The molecule has 8 nitrogen and oxygen atoms in total. The zero-order chi connectivity index (χ0) is 21.7. The summed E-state index contributed by atoms with van der Waals surface area (Å²) in [5, 5.41) is 6.63. The summed E-state index contributed by atoms with van der Waals surface area (Å²) in [6, 6.07) is 8.37. The predicted molar refractivity (Wildman–Crippen MR) is 119 cm³/mol. The zero-order valence-corrected chi connectivity index (χ0v) is 18.6. The van der Waals surface area contributed by atoms with E-state index in [2.05, 4.69) is 30.3 Å². The highest BCUT2D eigenvalue weighted by atomic mass is 35.5. The van der Waals surface area contributed by atoms with Crippen molar-refractivity contribution in [3.63, 3.8) is 0 Å². The molecule has 0 saturated heterocycles. The molecule has 0 unspecified atom stereocenters. The van der Waals surface area contributed by atoms with Gasteiger partial charge in [0.25, 0.3) is 0 Å². The van der Waals surface area contributed by atoms with E-state index < -0.39 is 10.0 Å². The monoisotopic (exact) mass is 466 g/mol. The Morgan fingerprint density at radius 1 is 0.900 bits per heavy atom. The molecule has 0 aliphatic heterocycles. The first-order valence-corrected chi connectivity index (χ1v) is 11.2. The number of aromatic nitrogens is 3. The number of rotatable bonds is 8. The summed E-state index contributed by atoms with van der Waals surface area (Å²) in [6.07, 6.45) is 3.11. The van der Waals surface area contributed by atoms with Crippen LogP contribution < -0.4 is 15.4 Å². The molecule has 0 spiro atoms. The Labute approximate surface area is 185 Å². The van der Waals surface area contributed by atoms with E-state index in [4.69, 9.17) is 23.2 Å². The van der Waals surface area contributed by atoms with Crippen LogP contribution in [0.2, 0.25) is 10.0 Å². The van der Waals surface area contributed by atoms with Crippen molar-refractivity contribution in [2.45, 2.75) is 18.7 Å². The van der Waals surface area contributed by atoms with Crippen molar-refractivity contribution in [1.82, 2.24) is 19.7 Å². The van der Waals surface area contributed by atoms with Crippen molar-refractivity contribution in [2.24, 2.45) is 0 Å². The van der Waals surface area contributed by atoms with Gasteiger partial charge in [0, 0.05) is 30.4 Å². The third-order valence-electron chi connectivity index (χ3n) is 4.06. The molecule has 30 heavy (non-hydrogen) atoms. The third kappa shape index (κ3) is 5.79. The standard InChI is InChI=1S/C19H20Cl2N6O2S/c1-12-3-4-22-18(7-12)27-19-10-17(24-11-25-19)23-5-6-26-30(28,29)16-8-13(2)14(20)9-15(16)21/h3-4,7-11,26H,5-6H2,1-2H3,(H2,22,23,24,25,27). The lowest BCUT2D eigenvalue weighted by Gasteiger charge is -2.11. The normalized spacial score (nSPS) is 11.3. The molecule has 2 heterocycles. The number of pyridine rings is 1. The highest BCUT2D eigenvalue weighted by molar-refractivity contribution is 7.89. The number of nitrogens with one attached hydrogen (secondary N) is 3. The summed E-state index contributed by atoms with van der Waals surface area (Å²) in [4.78, 5) is 12.5. The summed E-state index contributed by atoms with van der Waals surface area (Å²) in [6.45, 7) is 4.13. The summed E-state index contributed by atoms with van der Waals surface area (Å²) in [5.74, 6) is 1.77. The molecule has 158 valence electrons. The van der Waals surface area contributed by atoms with Crippen LogP contribution in [-0.4, -0.2) is 36.5 Å². The number of halogens is 2. The average molecular weight is 467 g/mol. The summed E-state index contributed by atoms with van der Waals surface area (Å²) in [5.41, 5.74) is 1.70. The topological polar surface area (TPSA) is 109 Å². The third-order valence-corrected chi connectivity index (χ3v) is 6.40. The van der Waals surface area contributed by atoms with Crippen molar-refractivity contribution >= 4 is 50.7 Å². The van der Waals surface area contributed by atoms with Crippen molar-refractivity contribution in [3.8, 4) is 0 Å². The molecule has 3 N–H and O–H groups in total. The van der Waals surface area contributed by atoms with Gasteiger partial charge in [0.1, 0.15) is 28.7 Å². The first-order valence-electron chi connectivity index (χ1n) is 8.95. The van der Waals surface area contributed by atoms with Gasteiger partial charge in [-0.2, -0.15) is 0 Å². The molecule has 0 saturated carbocycles. The molecule has 0 aliphatic carbocycles. The zero-order valence-electron chi connectivity index (χ0n) is 16.3. The quantitative estimate of drug-likeness (QED) is 0.431.